The first-order chi connectivity index (χ1) is 38.1. The van der Waals surface area contributed by atoms with Crippen LogP contribution in [0.3, 0.4) is 0 Å². The first kappa shape index (κ1) is 66.4. The fourth-order valence-electron chi connectivity index (χ4n) is 11.4. The van der Waals surface area contributed by atoms with Gasteiger partial charge in [-0.05, 0) is 88.4 Å². The van der Waals surface area contributed by atoms with Crippen LogP contribution in [0.25, 0.3) is 0 Å². The van der Waals surface area contributed by atoms with E-state index in [0.29, 0.717) is 69.3 Å². The second-order valence-corrected chi connectivity index (χ2v) is 22.7. The molecule has 80 heavy (non-hydrogen) atoms. The summed E-state index contributed by atoms with van der Waals surface area (Å²) >= 11 is 0. The summed E-state index contributed by atoms with van der Waals surface area (Å²) in [5, 5.41) is 7.55. The molecule has 442 valence electrons. The van der Waals surface area contributed by atoms with Crippen molar-refractivity contribution in [1.82, 2.24) is 30.3 Å². The molecule has 2 aliphatic heterocycles. The number of likely N-dealkylation sites (N-methyl/N-ethyl adjacent to an activating group) is 2. The van der Waals surface area contributed by atoms with E-state index >= 15 is 0 Å². The fourth-order valence-corrected chi connectivity index (χ4v) is 11.4. The molecule has 0 aliphatic carbocycles. The van der Waals surface area contributed by atoms with Crippen LogP contribution in [0.5, 0.6) is 0 Å². The molecule has 18 nitrogen and oxygen atoms in total. The van der Waals surface area contributed by atoms with E-state index in [-0.39, 0.29) is 90.7 Å². The summed E-state index contributed by atoms with van der Waals surface area (Å²) < 4.78 is 18.4. The van der Waals surface area contributed by atoms with Gasteiger partial charge in [-0.2, -0.15) is 5.10 Å². The SMILES string of the molecule is CC[C@H](C)[C@@H]([C@@H](CC(=O)N1CCC[C@H]1[C@H](OC)[C@@H](C)C(=O)N[C@H](C)[C@@H](OC(=O)CCC/C(=N/NC(=O)CCCCCN1C(=O)C=CC1=O)c1ccccc1)c1ccccc1)OC)N(C)C(=O)[C@@H](CC(=O)[C@H](C(C)C)N(C)C)C(C)C. The lowest BCUT2D eigenvalue weighted by Crippen LogP contribution is -2.54. The highest BCUT2D eigenvalue weighted by Crippen LogP contribution is 2.32. The van der Waals surface area contributed by atoms with Gasteiger partial charge in [-0.3, -0.25) is 48.2 Å². The smallest absolute Gasteiger partial charge is 0.306 e. The molecule has 1 fully saturated rings. The van der Waals surface area contributed by atoms with Crippen molar-refractivity contribution in [2.75, 3.05) is 48.5 Å². The number of benzene rings is 2. The average Bonchev–Trinajstić information content (AvgIpc) is 4.05. The van der Waals surface area contributed by atoms with E-state index in [1.807, 2.05) is 114 Å². The van der Waals surface area contributed by atoms with Crippen molar-refractivity contribution >= 4 is 52.9 Å². The summed E-state index contributed by atoms with van der Waals surface area (Å²) in [5.74, 6) is -3.40. The van der Waals surface area contributed by atoms with E-state index in [4.69, 9.17) is 14.2 Å². The van der Waals surface area contributed by atoms with E-state index in [1.165, 1.54) is 24.2 Å². The van der Waals surface area contributed by atoms with Crippen LogP contribution in [-0.4, -0.2) is 157 Å². The van der Waals surface area contributed by atoms with Gasteiger partial charge in [0.25, 0.3) is 11.8 Å². The lowest BCUT2D eigenvalue weighted by molar-refractivity contribution is -0.152. The Hall–Kier alpha value is -6.11. The van der Waals surface area contributed by atoms with Crippen LogP contribution in [0.15, 0.2) is 77.9 Å². The Morgan fingerprint density at radius 1 is 0.762 bits per heavy atom. The number of imide groups is 1. The van der Waals surface area contributed by atoms with Crippen molar-refractivity contribution in [3.05, 3.63) is 83.9 Å². The molecule has 2 aromatic carbocycles. The topological polar surface area (TPSA) is 214 Å². The maximum Gasteiger partial charge on any atom is 0.306 e. The molecule has 2 heterocycles. The second-order valence-electron chi connectivity index (χ2n) is 22.7. The molecule has 4 rings (SSSR count). The van der Waals surface area contributed by atoms with Crippen molar-refractivity contribution in [2.24, 2.45) is 34.7 Å². The van der Waals surface area contributed by atoms with Crippen molar-refractivity contribution in [3.8, 4) is 0 Å². The Morgan fingerprint density at radius 3 is 1.98 bits per heavy atom. The molecule has 6 amide bonds. The Balaban J connectivity index is 1.40. The van der Waals surface area contributed by atoms with Crippen LogP contribution in [0, 0.1) is 29.6 Å². The number of hydrogen-bond donors (Lipinski definition) is 2. The molecule has 0 unspecified atom stereocenters. The minimum absolute atomic E-state index is 0.00778. The summed E-state index contributed by atoms with van der Waals surface area (Å²) in [5.41, 5.74) is 4.71. The van der Waals surface area contributed by atoms with Crippen molar-refractivity contribution < 1.29 is 52.6 Å². The van der Waals surface area contributed by atoms with Gasteiger partial charge in [-0.25, -0.2) is 5.43 Å². The van der Waals surface area contributed by atoms with Crippen LogP contribution in [0.2, 0.25) is 0 Å². The highest BCUT2D eigenvalue weighted by molar-refractivity contribution is 6.12. The van der Waals surface area contributed by atoms with Gasteiger partial charge in [0.1, 0.15) is 6.10 Å². The number of Topliss-reactive ketones (excluding diaryl/α,β-unsaturated/α-hetero) is 1. The zero-order chi connectivity index (χ0) is 59.2. The predicted octanol–water partition coefficient (Wildman–Crippen LogP) is 7.69. The molecule has 0 radical (unpaired) electrons. The number of carbonyl (C=O) groups is 8. The minimum Gasteiger partial charge on any atom is -0.455 e. The van der Waals surface area contributed by atoms with Gasteiger partial charge in [-0.15, -0.1) is 0 Å². The number of carbonyl (C=O) groups excluding carboxylic acids is 8. The predicted molar refractivity (Wildman–Crippen MR) is 309 cm³/mol. The number of nitrogens with one attached hydrogen (secondary N) is 2. The number of hydrazone groups is 1. The lowest BCUT2D eigenvalue weighted by atomic mass is 9.83. The fraction of sp³-hybridized carbons (Fsp3) is 0.629. The second kappa shape index (κ2) is 33.0. The Labute approximate surface area is 476 Å². The highest BCUT2D eigenvalue weighted by Gasteiger charge is 2.44. The zero-order valence-corrected chi connectivity index (χ0v) is 50.0. The Morgan fingerprint density at radius 2 is 1.40 bits per heavy atom. The van der Waals surface area contributed by atoms with Gasteiger partial charge < -0.3 is 29.3 Å². The first-order valence-corrected chi connectivity index (χ1v) is 28.9. The Kier molecular flexibility index (Phi) is 27.4. The van der Waals surface area contributed by atoms with Crippen LogP contribution >= 0.6 is 0 Å². The highest BCUT2D eigenvalue weighted by atomic mass is 16.5. The summed E-state index contributed by atoms with van der Waals surface area (Å²) in [6.45, 7) is 16.4. The number of ether oxygens (including phenoxy) is 3. The van der Waals surface area contributed by atoms with Gasteiger partial charge >= 0.3 is 5.97 Å². The number of rotatable bonds is 34. The quantitative estimate of drug-likeness (QED) is 0.0227. The third kappa shape index (κ3) is 19.0. The van der Waals surface area contributed by atoms with E-state index in [0.717, 1.165) is 12.0 Å². The summed E-state index contributed by atoms with van der Waals surface area (Å²) in [4.78, 5) is 114. The number of nitrogens with zero attached hydrogens (tertiary/aromatic N) is 5. The monoisotopic (exact) mass is 1110 g/mol. The molecule has 0 aromatic heterocycles. The van der Waals surface area contributed by atoms with Crippen molar-refractivity contribution in [2.45, 2.75) is 175 Å². The number of hydrogen-bond acceptors (Lipinski definition) is 13. The minimum atomic E-state index is -0.847. The molecule has 2 N–H and O–H groups in total. The number of unbranched alkanes of at least 4 members (excludes halogenated alkanes) is 2. The molecule has 2 aliphatic rings. The lowest BCUT2D eigenvalue weighted by Gasteiger charge is -2.41. The molecular weight excluding hydrogens is 1020 g/mol. The molecule has 10 atom stereocenters. The first-order valence-electron chi connectivity index (χ1n) is 28.9. The van der Waals surface area contributed by atoms with Crippen molar-refractivity contribution in [1.29, 1.82) is 0 Å². The van der Waals surface area contributed by atoms with E-state index in [2.05, 4.69) is 22.8 Å². The van der Waals surface area contributed by atoms with Crippen LogP contribution in [0.1, 0.15) is 150 Å². The molecule has 18 heteroatoms. The van der Waals surface area contributed by atoms with E-state index < -0.39 is 54.2 Å². The van der Waals surface area contributed by atoms with Gasteiger partial charge in [-0.1, -0.05) is 122 Å². The van der Waals surface area contributed by atoms with Crippen LogP contribution in [-0.2, 0) is 52.6 Å². The molecule has 2 aromatic rings. The maximum absolute atomic E-state index is 14.6. The van der Waals surface area contributed by atoms with Crippen molar-refractivity contribution in [3.63, 3.8) is 0 Å². The van der Waals surface area contributed by atoms with Gasteiger partial charge in [0.2, 0.25) is 23.6 Å². The standard InChI is InChI=1S/C62H93N7O11/c1-14-42(6)58(67(11)62(77)47(40(2)3)38-50(70)57(41(4)5)66(9)10)51(78-12)39-55(74)68-37-25-31-49(68)59(79-13)43(7)61(76)63-44(8)60(46-28-20-16-21-29-46)80-56(75)33-24-30-48(45-26-18-15-19-27-45)64-65-52(71)32-22-17-23-36-69-53(72)34-35-54(69)73/h15-16,18-21,26-29,34-35,40-44,47,49,51,57-60H,14,17,22-25,30-33,36-39H2,1-13H3,(H,63,76)(H,65,71)/b64-48-/t42-,43+,44+,47-,49-,51+,57-,58-,59+,60+/m0/s1. The largest absolute Gasteiger partial charge is 0.455 e. The molecule has 0 saturated carbocycles. The summed E-state index contributed by atoms with van der Waals surface area (Å²) in [6.07, 6.45) is 5.17. The number of amides is 6. The van der Waals surface area contributed by atoms with Crippen LogP contribution < -0.4 is 10.7 Å². The zero-order valence-electron chi connectivity index (χ0n) is 50.0. The normalized spacial score (nSPS) is 18.1. The van der Waals surface area contributed by atoms with E-state index in [9.17, 15) is 38.4 Å². The average molecular weight is 1110 g/mol. The Bertz CT molecular complexity index is 2390. The molecule has 0 bridgehead atoms. The summed E-state index contributed by atoms with van der Waals surface area (Å²) in [6, 6.07) is 16.7. The number of likely N-dealkylation sites (tertiary alicyclic amines) is 1. The number of esters is 1. The summed E-state index contributed by atoms with van der Waals surface area (Å²) in [7, 11) is 8.63. The number of ketones is 1. The van der Waals surface area contributed by atoms with Crippen LogP contribution in [0.4, 0.5) is 0 Å². The third-order valence-electron chi connectivity index (χ3n) is 15.9. The molecule has 1 saturated heterocycles. The number of methoxy groups -OCH3 is 2. The van der Waals surface area contributed by atoms with Gasteiger partial charge in [0.15, 0.2) is 5.78 Å². The molecule has 0 spiro atoms. The van der Waals surface area contributed by atoms with Gasteiger partial charge in [0.05, 0.1) is 54.4 Å². The van der Waals surface area contributed by atoms with E-state index in [1.54, 1.807) is 37.8 Å². The maximum atomic E-state index is 14.6. The third-order valence-corrected chi connectivity index (χ3v) is 15.9. The molecular formula is C62H93N7O11. The van der Waals surface area contributed by atoms with Gasteiger partial charge in [0, 0.05) is 71.7 Å².